The topological polar surface area (TPSA) is 94.8 Å². The largest absolute Gasteiger partial charge is 0.321 e. The molecule has 1 heterocycles. The van der Waals surface area contributed by atoms with E-state index in [-0.39, 0.29) is 16.7 Å². The zero-order valence-corrected chi connectivity index (χ0v) is 12.7. The molecular weight excluding hydrogens is 294 g/mol. The van der Waals surface area contributed by atoms with Crippen molar-refractivity contribution in [1.82, 2.24) is 10.2 Å². The van der Waals surface area contributed by atoms with Crippen molar-refractivity contribution in [3.8, 4) is 0 Å². The van der Waals surface area contributed by atoms with Crippen LogP contribution >= 0.6 is 0 Å². The number of benzene rings is 2. The number of rotatable bonds is 2. The lowest BCUT2D eigenvalue weighted by molar-refractivity contribution is 0.102. The second-order valence-corrected chi connectivity index (χ2v) is 5.39. The van der Waals surface area contributed by atoms with Crippen LogP contribution in [0.1, 0.15) is 21.5 Å². The van der Waals surface area contributed by atoms with Crippen molar-refractivity contribution >= 4 is 22.4 Å². The van der Waals surface area contributed by atoms with Gasteiger partial charge in [-0.1, -0.05) is 12.1 Å². The van der Waals surface area contributed by atoms with Crippen LogP contribution in [0.4, 0.5) is 5.69 Å². The fourth-order valence-electron chi connectivity index (χ4n) is 2.41. The van der Waals surface area contributed by atoms with Gasteiger partial charge in [0.05, 0.1) is 16.5 Å². The van der Waals surface area contributed by atoms with Crippen LogP contribution in [0.5, 0.6) is 0 Å². The second-order valence-electron chi connectivity index (χ2n) is 5.39. The highest BCUT2D eigenvalue weighted by Crippen LogP contribution is 2.18. The summed E-state index contributed by atoms with van der Waals surface area (Å²) in [6.07, 6.45) is 0. The van der Waals surface area contributed by atoms with E-state index < -0.39 is 11.1 Å². The van der Waals surface area contributed by atoms with Gasteiger partial charge in [0.2, 0.25) is 0 Å². The number of anilines is 1. The van der Waals surface area contributed by atoms with Gasteiger partial charge in [0, 0.05) is 5.56 Å². The number of amides is 1. The molecule has 0 spiro atoms. The summed E-state index contributed by atoms with van der Waals surface area (Å²) in [4.78, 5) is 36.2. The smallest absolute Gasteiger partial charge is 0.272 e. The van der Waals surface area contributed by atoms with Gasteiger partial charge in [-0.15, -0.1) is 0 Å². The summed E-state index contributed by atoms with van der Waals surface area (Å²) < 4.78 is 0. The van der Waals surface area contributed by atoms with Gasteiger partial charge >= 0.3 is 0 Å². The van der Waals surface area contributed by atoms with Crippen LogP contribution < -0.4 is 16.4 Å². The summed E-state index contributed by atoms with van der Waals surface area (Å²) in [5, 5.41) is 7.62. The maximum absolute atomic E-state index is 12.4. The number of nitrogens with one attached hydrogen (secondary N) is 3. The summed E-state index contributed by atoms with van der Waals surface area (Å²) in [5.41, 5.74) is 2.02. The number of carbonyl (C=O) groups excluding carboxylic acids is 1. The number of aryl methyl sites for hydroxylation is 2. The van der Waals surface area contributed by atoms with Crippen molar-refractivity contribution in [2.24, 2.45) is 0 Å². The number of hydrogen-bond donors (Lipinski definition) is 3. The first-order chi connectivity index (χ1) is 11.0. The molecule has 1 aromatic heterocycles. The summed E-state index contributed by atoms with van der Waals surface area (Å²) in [7, 11) is 0. The Labute approximate surface area is 131 Å². The molecule has 0 saturated heterocycles. The molecule has 0 fully saturated rings. The molecule has 6 heteroatoms. The Kier molecular flexibility index (Phi) is 3.57. The molecule has 3 aromatic rings. The summed E-state index contributed by atoms with van der Waals surface area (Å²) in [5.74, 6) is -0.333. The standard InChI is InChI=1S/C17H15N3O3/c1-9-6-7-11(8-10(9)2)15(21)18-13-5-3-4-12-14(13)17(23)20-19-16(12)22/h3-8H,1-2H3,(H,18,21)(H,19,22)(H,20,23). The molecule has 0 atom stereocenters. The zero-order valence-electron chi connectivity index (χ0n) is 12.7. The zero-order chi connectivity index (χ0) is 16.6. The van der Waals surface area contributed by atoms with Crippen molar-refractivity contribution < 1.29 is 4.79 Å². The van der Waals surface area contributed by atoms with Crippen molar-refractivity contribution in [1.29, 1.82) is 0 Å². The first kappa shape index (κ1) is 14.8. The molecule has 0 radical (unpaired) electrons. The first-order valence-corrected chi connectivity index (χ1v) is 7.09. The van der Waals surface area contributed by atoms with Gasteiger partial charge in [-0.2, -0.15) is 0 Å². The molecule has 0 aliphatic rings. The lowest BCUT2D eigenvalue weighted by Crippen LogP contribution is -2.21. The van der Waals surface area contributed by atoms with Crippen LogP contribution in [0.3, 0.4) is 0 Å². The number of carbonyl (C=O) groups is 1. The highest BCUT2D eigenvalue weighted by atomic mass is 16.2. The SMILES string of the molecule is Cc1ccc(C(=O)Nc2cccc3c(=O)[nH][nH]c(=O)c23)cc1C. The van der Waals surface area contributed by atoms with E-state index >= 15 is 0 Å². The highest BCUT2D eigenvalue weighted by Gasteiger charge is 2.12. The average Bonchev–Trinajstić information content (AvgIpc) is 2.53. The van der Waals surface area contributed by atoms with Crippen LogP contribution in [0, 0.1) is 13.8 Å². The van der Waals surface area contributed by atoms with E-state index in [1.807, 2.05) is 19.9 Å². The lowest BCUT2D eigenvalue weighted by atomic mass is 10.1. The summed E-state index contributed by atoms with van der Waals surface area (Å²) >= 11 is 0. The highest BCUT2D eigenvalue weighted by molar-refractivity contribution is 6.08. The van der Waals surface area contributed by atoms with E-state index in [4.69, 9.17) is 0 Å². The maximum Gasteiger partial charge on any atom is 0.272 e. The fraction of sp³-hybridized carbons (Fsp3) is 0.118. The Morgan fingerprint density at radius 1 is 0.957 bits per heavy atom. The summed E-state index contributed by atoms with van der Waals surface area (Å²) in [6.45, 7) is 3.89. The Morgan fingerprint density at radius 2 is 1.70 bits per heavy atom. The number of H-pyrrole nitrogens is 2. The van der Waals surface area contributed by atoms with Gasteiger partial charge in [0.1, 0.15) is 0 Å². The first-order valence-electron chi connectivity index (χ1n) is 7.09. The Hall–Kier alpha value is -3.15. The number of aromatic amines is 2. The molecule has 3 rings (SSSR count). The number of fused-ring (bicyclic) bond motifs is 1. The van der Waals surface area contributed by atoms with Gasteiger partial charge in [0.15, 0.2) is 0 Å². The quantitative estimate of drug-likeness (QED) is 0.676. The minimum Gasteiger partial charge on any atom is -0.321 e. The predicted octanol–water partition coefficient (Wildman–Crippen LogP) is 2.09. The van der Waals surface area contributed by atoms with E-state index in [0.717, 1.165) is 11.1 Å². The molecule has 6 nitrogen and oxygen atoms in total. The Morgan fingerprint density at radius 3 is 2.43 bits per heavy atom. The van der Waals surface area contributed by atoms with E-state index in [1.54, 1.807) is 24.3 Å². The second kappa shape index (κ2) is 5.57. The molecule has 0 aliphatic heterocycles. The van der Waals surface area contributed by atoms with Gasteiger partial charge in [0.25, 0.3) is 17.0 Å². The summed E-state index contributed by atoms with van der Waals surface area (Å²) in [6, 6.07) is 10.1. The van der Waals surface area contributed by atoms with Crippen molar-refractivity contribution in [3.63, 3.8) is 0 Å². The average molecular weight is 309 g/mol. The molecule has 0 unspecified atom stereocenters. The molecule has 0 bridgehead atoms. The minimum atomic E-state index is -0.462. The molecule has 0 saturated carbocycles. The van der Waals surface area contributed by atoms with Gasteiger partial charge in [-0.25, -0.2) is 0 Å². The molecule has 23 heavy (non-hydrogen) atoms. The molecule has 0 aliphatic carbocycles. The third-order valence-electron chi connectivity index (χ3n) is 3.84. The molecule has 2 aromatic carbocycles. The molecule has 3 N–H and O–H groups in total. The van der Waals surface area contributed by atoms with Crippen molar-refractivity contribution in [2.45, 2.75) is 13.8 Å². The van der Waals surface area contributed by atoms with Crippen LogP contribution in [0.25, 0.3) is 10.8 Å². The Balaban J connectivity index is 2.06. The van der Waals surface area contributed by atoms with Gasteiger partial charge < -0.3 is 5.32 Å². The van der Waals surface area contributed by atoms with Crippen molar-refractivity contribution in [2.75, 3.05) is 5.32 Å². The van der Waals surface area contributed by atoms with Crippen LogP contribution in [-0.4, -0.2) is 16.1 Å². The van der Waals surface area contributed by atoms with Gasteiger partial charge in [-0.05, 0) is 49.2 Å². The maximum atomic E-state index is 12.4. The fourth-order valence-corrected chi connectivity index (χ4v) is 2.41. The third kappa shape index (κ3) is 2.66. The van der Waals surface area contributed by atoms with E-state index in [0.29, 0.717) is 11.3 Å². The number of aromatic nitrogens is 2. The predicted molar refractivity (Wildman–Crippen MR) is 89.1 cm³/mol. The molecular formula is C17H15N3O3. The van der Waals surface area contributed by atoms with Crippen LogP contribution in [0.2, 0.25) is 0 Å². The van der Waals surface area contributed by atoms with E-state index in [2.05, 4.69) is 15.5 Å². The van der Waals surface area contributed by atoms with E-state index in [1.165, 1.54) is 6.07 Å². The molecule has 1 amide bonds. The van der Waals surface area contributed by atoms with E-state index in [9.17, 15) is 14.4 Å². The van der Waals surface area contributed by atoms with Crippen LogP contribution in [0.15, 0.2) is 46.0 Å². The molecule has 116 valence electrons. The van der Waals surface area contributed by atoms with Gasteiger partial charge in [-0.3, -0.25) is 24.6 Å². The lowest BCUT2D eigenvalue weighted by Gasteiger charge is -2.09. The third-order valence-corrected chi connectivity index (χ3v) is 3.84. The normalized spacial score (nSPS) is 10.7. The van der Waals surface area contributed by atoms with Crippen molar-refractivity contribution in [3.05, 3.63) is 73.8 Å². The monoisotopic (exact) mass is 309 g/mol. The minimum absolute atomic E-state index is 0.161. The number of hydrogen-bond acceptors (Lipinski definition) is 3. The Bertz CT molecular complexity index is 1030. The van der Waals surface area contributed by atoms with Crippen LogP contribution in [-0.2, 0) is 0 Å².